The first-order valence-corrected chi connectivity index (χ1v) is 6.67. The lowest BCUT2D eigenvalue weighted by molar-refractivity contribution is 0.237. The van der Waals surface area contributed by atoms with Crippen molar-refractivity contribution in [2.45, 2.75) is 30.9 Å². The normalized spacial score (nSPS) is 26.0. The smallest absolute Gasteiger partial charge is 0.226 e. The molecule has 2 atom stereocenters. The zero-order chi connectivity index (χ0) is 12.4. The molecule has 4 nitrogen and oxygen atoms in total. The van der Waals surface area contributed by atoms with E-state index in [2.05, 4.69) is 18.7 Å². The third-order valence-corrected chi connectivity index (χ3v) is 3.97. The van der Waals surface area contributed by atoms with Crippen LogP contribution in [0, 0.1) is 0 Å². The Labute approximate surface area is 105 Å². The van der Waals surface area contributed by atoms with Crippen LogP contribution < -0.4 is 5.43 Å². The average Bonchev–Trinajstić information content (AvgIpc) is 2.22. The zero-order valence-electron chi connectivity index (χ0n) is 10.0. The molecular weight excluding hydrogens is 238 g/mol. The molecule has 0 bridgehead atoms. The molecule has 0 radical (unpaired) electrons. The minimum Gasteiger partial charge on any atom is -0.502 e. The van der Waals surface area contributed by atoms with Gasteiger partial charge in [-0.1, -0.05) is 13.8 Å². The Morgan fingerprint density at radius 1 is 1.47 bits per heavy atom. The lowest BCUT2D eigenvalue weighted by Crippen LogP contribution is -2.39. The van der Waals surface area contributed by atoms with Crippen LogP contribution in [0.1, 0.15) is 19.6 Å². The first-order chi connectivity index (χ1) is 8.04. The van der Waals surface area contributed by atoms with Gasteiger partial charge in [-0.15, -0.1) is 0 Å². The summed E-state index contributed by atoms with van der Waals surface area (Å²) < 4.78 is 5.21. The van der Waals surface area contributed by atoms with Crippen molar-refractivity contribution in [3.05, 3.63) is 28.3 Å². The zero-order valence-corrected chi connectivity index (χ0v) is 10.9. The van der Waals surface area contributed by atoms with Crippen molar-refractivity contribution in [3.63, 3.8) is 0 Å². The van der Waals surface area contributed by atoms with Crippen molar-refractivity contribution in [2.75, 3.05) is 13.1 Å². The Morgan fingerprint density at radius 2 is 2.12 bits per heavy atom. The van der Waals surface area contributed by atoms with E-state index < -0.39 is 0 Å². The highest BCUT2D eigenvalue weighted by atomic mass is 32.2. The summed E-state index contributed by atoms with van der Waals surface area (Å²) in [6, 6.07) is 1.37. The summed E-state index contributed by atoms with van der Waals surface area (Å²) in [6.45, 7) is 7.05. The molecule has 0 spiro atoms. The Bertz CT molecular complexity index is 436. The maximum atomic E-state index is 11.3. The van der Waals surface area contributed by atoms with Gasteiger partial charge < -0.3 is 9.52 Å². The third kappa shape index (κ3) is 3.26. The molecule has 1 saturated heterocycles. The molecule has 1 aromatic rings. The molecule has 1 fully saturated rings. The maximum absolute atomic E-state index is 11.3. The number of aromatic hydroxyl groups is 1. The summed E-state index contributed by atoms with van der Waals surface area (Å²) in [5.74, 6) is 0.281. The van der Waals surface area contributed by atoms with E-state index in [1.165, 1.54) is 6.07 Å². The largest absolute Gasteiger partial charge is 0.502 e. The van der Waals surface area contributed by atoms with Gasteiger partial charge in [0, 0.05) is 29.7 Å². The fourth-order valence-corrected chi connectivity index (χ4v) is 3.55. The van der Waals surface area contributed by atoms with Crippen LogP contribution in [0.25, 0.3) is 0 Å². The van der Waals surface area contributed by atoms with E-state index in [1.807, 2.05) is 11.8 Å². The Morgan fingerprint density at radius 3 is 2.71 bits per heavy atom. The third-order valence-electron chi connectivity index (χ3n) is 2.74. The van der Waals surface area contributed by atoms with Gasteiger partial charge >= 0.3 is 0 Å². The summed E-state index contributed by atoms with van der Waals surface area (Å²) >= 11 is 1.99. The van der Waals surface area contributed by atoms with Crippen LogP contribution in [0.3, 0.4) is 0 Å². The molecule has 0 aliphatic carbocycles. The van der Waals surface area contributed by atoms with Gasteiger partial charge in [-0.2, -0.15) is 11.8 Å². The summed E-state index contributed by atoms with van der Waals surface area (Å²) in [5, 5.41) is 10.3. The molecule has 1 aliphatic rings. The van der Waals surface area contributed by atoms with Crippen LogP contribution in [0.15, 0.2) is 21.5 Å². The number of nitrogens with zero attached hydrogens (tertiary/aromatic N) is 1. The topological polar surface area (TPSA) is 53.7 Å². The van der Waals surface area contributed by atoms with Crippen molar-refractivity contribution < 1.29 is 9.52 Å². The van der Waals surface area contributed by atoms with Gasteiger partial charge in [-0.05, 0) is 0 Å². The molecule has 2 rings (SSSR count). The van der Waals surface area contributed by atoms with E-state index in [0.717, 1.165) is 19.4 Å². The minimum absolute atomic E-state index is 0.329. The molecule has 0 aromatic carbocycles. The molecule has 17 heavy (non-hydrogen) atoms. The Kier molecular flexibility index (Phi) is 3.79. The summed E-state index contributed by atoms with van der Waals surface area (Å²) in [5.41, 5.74) is -0.376. The van der Waals surface area contributed by atoms with Gasteiger partial charge in [0.05, 0.1) is 6.54 Å². The molecule has 1 aromatic heterocycles. The van der Waals surface area contributed by atoms with Crippen molar-refractivity contribution in [3.8, 4) is 5.75 Å². The van der Waals surface area contributed by atoms with Crippen LogP contribution in [0.5, 0.6) is 5.75 Å². The van der Waals surface area contributed by atoms with Gasteiger partial charge in [0.2, 0.25) is 5.43 Å². The van der Waals surface area contributed by atoms with Gasteiger partial charge in [-0.25, -0.2) is 0 Å². The molecular formula is C12H17NO3S. The molecule has 0 unspecified atom stereocenters. The highest BCUT2D eigenvalue weighted by Crippen LogP contribution is 2.25. The van der Waals surface area contributed by atoms with E-state index in [4.69, 9.17) is 9.52 Å². The molecule has 0 saturated carbocycles. The van der Waals surface area contributed by atoms with E-state index in [-0.39, 0.29) is 11.2 Å². The first kappa shape index (κ1) is 12.5. The number of rotatable bonds is 2. The predicted octanol–water partition coefficient (Wildman–Crippen LogP) is 1.67. The SMILES string of the molecule is C[C@@H]1CN(Cc2cc(=O)c(O)co2)C[C@H](C)S1. The number of hydrogen-bond donors (Lipinski definition) is 1. The van der Waals surface area contributed by atoms with Crippen LogP contribution in [-0.4, -0.2) is 33.6 Å². The van der Waals surface area contributed by atoms with E-state index in [9.17, 15) is 4.79 Å². The van der Waals surface area contributed by atoms with Crippen LogP contribution in [0.4, 0.5) is 0 Å². The minimum atomic E-state index is -0.376. The Hall–Kier alpha value is -0.940. The summed E-state index contributed by atoms with van der Waals surface area (Å²) in [6.07, 6.45) is 1.11. The van der Waals surface area contributed by atoms with Crippen molar-refractivity contribution >= 4 is 11.8 Å². The second-order valence-electron chi connectivity index (χ2n) is 4.55. The van der Waals surface area contributed by atoms with Gasteiger partial charge in [-0.3, -0.25) is 9.69 Å². The summed E-state index contributed by atoms with van der Waals surface area (Å²) in [4.78, 5) is 13.6. The first-order valence-electron chi connectivity index (χ1n) is 5.73. The van der Waals surface area contributed by atoms with Gasteiger partial charge in [0.1, 0.15) is 12.0 Å². The number of hydrogen-bond acceptors (Lipinski definition) is 5. The molecule has 0 amide bonds. The van der Waals surface area contributed by atoms with Gasteiger partial charge in [0.15, 0.2) is 5.75 Å². The molecule has 5 heteroatoms. The second-order valence-corrected chi connectivity index (χ2v) is 6.43. The predicted molar refractivity (Wildman–Crippen MR) is 68.4 cm³/mol. The number of thioether (sulfide) groups is 1. The van der Waals surface area contributed by atoms with E-state index in [0.29, 0.717) is 22.8 Å². The summed E-state index contributed by atoms with van der Waals surface area (Å²) in [7, 11) is 0. The molecule has 94 valence electrons. The molecule has 1 aliphatic heterocycles. The highest BCUT2D eigenvalue weighted by molar-refractivity contribution is 8.00. The maximum Gasteiger partial charge on any atom is 0.226 e. The quantitative estimate of drug-likeness (QED) is 0.871. The standard InChI is InChI=1S/C12H17NO3S/c1-8-4-13(5-9(2)17-8)6-10-3-11(14)12(15)7-16-10/h3,7-9,15H,4-6H2,1-2H3/t8-,9+. The van der Waals surface area contributed by atoms with Crippen molar-refractivity contribution in [1.82, 2.24) is 4.90 Å². The van der Waals surface area contributed by atoms with Crippen LogP contribution >= 0.6 is 11.8 Å². The van der Waals surface area contributed by atoms with E-state index >= 15 is 0 Å². The average molecular weight is 255 g/mol. The lowest BCUT2D eigenvalue weighted by atomic mass is 10.3. The fourth-order valence-electron chi connectivity index (χ4n) is 2.16. The van der Waals surface area contributed by atoms with Crippen LogP contribution in [-0.2, 0) is 6.54 Å². The molecule has 2 heterocycles. The van der Waals surface area contributed by atoms with Crippen LogP contribution in [0.2, 0.25) is 0 Å². The van der Waals surface area contributed by atoms with Crippen molar-refractivity contribution in [1.29, 1.82) is 0 Å². The highest BCUT2D eigenvalue weighted by Gasteiger charge is 2.22. The van der Waals surface area contributed by atoms with Gasteiger partial charge in [0.25, 0.3) is 0 Å². The second kappa shape index (κ2) is 5.14. The fraction of sp³-hybridized carbons (Fsp3) is 0.583. The van der Waals surface area contributed by atoms with E-state index in [1.54, 1.807) is 0 Å². The lowest BCUT2D eigenvalue weighted by Gasteiger charge is -2.34. The monoisotopic (exact) mass is 255 g/mol. The van der Waals surface area contributed by atoms with Crippen molar-refractivity contribution in [2.24, 2.45) is 0 Å². The Balaban J connectivity index is 2.05. The molecule has 1 N–H and O–H groups in total.